The molecule has 1 N–H and O–H groups in total. The second-order valence-electron chi connectivity index (χ2n) is 4.42. The lowest BCUT2D eigenvalue weighted by molar-refractivity contribution is -0.146. The van der Waals surface area contributed by atoms with Gasteiger partial charge in [0.05, 0.1) is 13.2 Å². The Labute approximate surface area is 107 Å². The van der Waals surface area contributed by atoms with Gasteiger partial charge in [-0.2, -0.15) is 0 Å². The van der Waals surface area contributed by atoms with Crippen LogP contribution in [0.15, 0.2) is 30.3 Å². The Kier molecular flexibility index (Phi) is 4.73. The van der Waals surface area contributed by atoms with Crippen LogP contribution in [0.2, 0.25) is 0 Å². The lowest BCUT2D eigenvalue weighted by Gasteiger charge is -2.21. The van der Waals surface area contributed by atoms with Crippen LogP contribution in [0, 0.1) is 0 Å². The van der Waals surface area contributed by atoms with E-state index in [2.05, 4.69) is 5.32 Å². The molecule has 2 unspecified atom stereocenters. The van der Waals surface area contributed by atoms with Gasteiger partial charge in [-0.25, -0.2) is 0 Å². The van der Waals surface area contributed by atoms with Gasteiger partial charge in [0, 0.05) is 13.2 Å². The topological polar surface area (TPSA) is 47.6 Å². The fraction of sp³-hybridized carbons (Fsp3) is 0.500. The van der Waals surface area contributed by atoms with Crippen LogP contribution in [-0.4, -0.2) is 31.8 Å². The molecule has 2 atom stereocenters. The summed E-state index contributed by atoms with van der Waals surface area (Å²) in [6, 6.07) is 9.61. The van der Waals surface area contributed by atoms with E-state index in [1.807, 2.05) is 30.3 Å². The van der Waals surface area contributed by atoms with E-state index in [-0.39, 0.29) is 18.1 Å². The fourth-order valence-corrected chi connectivity index (χ4v) is 2.18. The van der Waals surface area contributed by atoms with Gasteiger partial charge < -0.3 is 9.47 Å². The fourth-order valence-electron chi connectivity index (χ4n) is 2.18. The van der Waals surface area contributed by atoms with Gasteiger partial charge in [0.1, 0.15) is 6.04 Å². The number of nitrogens with one attached hydrogen (secondary N) is 1. The zero-order valence-corrected chi connectivity index (χ0v) is 10.6. The van der Waals surface area contributed by atoms with Crippen LogP contribution >= 0.6 is 0 Å². The molecular weight excluding hydrogens is 230 g/mol. The normalized spacial score (nSPS) is 20.6. The van der Waals surface area contributed by atoms with E-state index < -0.39 is 0 Å². The van der Waals surface area contributed by atoms with Crippen molar-refractivity contribution in [3.05, 3.63) is 35.9 Å². The molecule has 1 aliphatic rings. The number of hydrogen-bond donors (Lipinski definition) is 1. The highest BCUT2D eigenvalue weighted by Gasteiger charge is 2.31. The summed E-state index contributed by atoms with van der Waals surface area (Å²) in [4.78, 5) is 11.8. The second-order valence-corrected chi connectivity index (χ2v) is 4.42. The molecule has 1 heterocycles. The van der Waals surface area contributed by atoms with Gasteiger partial charge in [-0.3, -0.25) is 10.1 Å². The van der Waals surface area contributed by atoms with Crippen LogP contribution in [-0.2, 0) is 20.8 Å². The zero-order valence-electron chi connectivity index (χ0n) is 10.6. The second kappa shape index (κ2) is 6.52. The number of ether oxygens (including phenoxy) is 2. The van der Waals surface area contributed by atoms with Crippen molar-refractivity contribution in [1.29, 1.82) is 0 Å². The number of benzene rings is 1. The molecular formula is C14H19NO3. The first-order valence-corrected chi connectivity index (χ1v) is 6.28. The van der Waals surface area contributed by atoms with Crippen LogP contribution in [0.3, 0.4) is 0 Å². The van der Waals surface area contributed by atoms with Crippen LogP contribution < -0.4 is 5.32 Å². The molecule has 0 aliphatic carbocycles. The Balaban J connectivity index is 1.94. The highest BCUT2D eigenvalue weighted by molar-refractivity contribution is 5.76. The summed E-state index contributed by atoms with van der Waals surface area (Å²) < 4.78 is 10.4. The molecule has 98 valence electrons. The van der Waals surface area contributed by atoms with Crippen LogP contribution in [0.1, 0.15) is 18.4 Å². The molecule has 18 heavy (non-hydrogen) atoms. The maximum atomic E-state index is 11.8. The first-order valence-electron chi connectivity index (χ1n) is 6.28. The van der Waals surface area contributed by atoms with Gasteiger partial charge >= 0.3 is 5.97 Å². The molecule has 1 aromatic rings. The standard InChI is InChI=1S/C14H19NO3/c1-17-14(16)13(12-8-5-9-18-12)15-10-11-6-3-2-4-7-11/h2-4,6-7,12-13,15H,5,8-10H2,1H3. The number of esters is 1. The van der Waals surface area contributed by atoms with Crippen molar-refractivity contribution >= 4 is 5.97 Å². The molecule has 1 saturated heterocycles. The van der Waals surface area contributed by atoms with Gasteiger partial charge in [-0.15, -0.1) is 0 Å². The van der Waals surface area contributed by atoms with Crippen molar-refractivity contribution in [1.82, 2.24) is 5.32 Å². The van der Waals surface area contributed by atoms with Gasteiger partial charge in [-0.1, -0.05) is 30.3 Å². The molecule has 4 nitrogen and oxygen atoms in total. The quantitative estimate of drug-likeness (QED) is 0.803. The molecule has 1 aromatic carbocycles. The summed E-state index contributed by atoms with van der Waals surface area (Å²) in [5, 5.41) is 3.23. The Morgan fingerprint density at radius 1 is 1.50 bits per heavy atom. The molecule has 0 aromatic heterocycles. The molecule has 0 saturated carbocycles. The van der Waals surface area contributed by atoms with E-state index in [1.165, 1.54) is 7.11 Å². The van der Waals surface area contributed by atoms with E-state index in [4.69, 9.17) is 9.47 Å². The third-order valence-electron chi connectivity index (χ3n) is 3.16. The summed E-state index contributed by atoms with van der Waals surface area (Å²) in [7, 11) is 1.41. The lowest BCUT2D eigenvalue weighted by Crippen LogP contribution is -2.46. The molecule has 4 heteroatoms. The van der Waals surface area contributed by atoms with E-state index in [0.29, 0.717) is 6.54 Å². The van der Waals surface area contributed by atoms with Crippen LogP contribution in [0.4, 0.5) is 0 Å². The predicted molar refractivity (Wildman–Crippen MR) is 68.1 cm³/mol. The number of carbonyl (C=O) groups is 1. The molecule has 1 aliphatic heterocycles. The first-order chi connectivity index (χ1) is 8.81. The van der Waals surface area contributed by atoms with Crippen molar-refractivity contribution in [2.75, 3.05) is 13.7 Å². The Bertz CT molecular complexity index is 374. The SMILES string of the molecule is COC(=O)C(NCc1ccccc1)C1CCCO1. The highest BCUT2D eigenvalue weighted by Crippen LogP contribution is 2.17. The largest absolute Gasteiger partial charge is 0.468 e. The first kappa shape index (κ1) is 13.1. The molecule has 1 fully saturated rings. The van der Waals surface area contributed by atoms with Gasteiger partial charge in [-0.05, 0) is 18.4 Å². The molecule has 0 bridgehead atoms. The third kappa shape index (κ3) is 3.31. The summed E-state index contributed by atoms with van der Waals surface area (Å²) in [6.45, 7) is 1.37. The third-order valence-corrected chi connectivity index (χ3v) is 3.16. The summed E-state index contributed by atoms with van der Waals surface area (Å²) in [5.74, 6) is -0.252. The summed E-state index contributed by atoms with van der Waals surface area (Å²) >= 11 is 0. The monoisotopic (exact) mass is 249 g/mol. The number of rotatable bonds is 5. The maximum absolute atomic E-state index is 11.8. The minimum atomic E-state index is -0.377. The van der Waals surface area contributed by atoms with Crippen LogP contribution in [0.5, 0.6) is 0 Å². The Morgan fingerprint density at radius 3 is 2.89 bits per heavy atom. The van der Waals surface area contributed by atoms with E-state index in [0.717, 1.165) is 25.0 Å². The average molecular weight is 249 g/mol. The molecule has 2 rings (SSSR count). The number of carbonyl (C=O) groups excluding carboxylic acids is 1. The maximum Gasteiger partial charge on any atom is 0.325 e. The molecule has 0 amide bonds. The Morgan fingerprint density at radius 2 is 2.28 bits per heavy atom. The van der Waals surface area contributed by atoms with Gasteiger partial charge in [0.15, 0.2) is 0 Å². The summed E-state index contributed by atoms with van der Waals surface area (Å²) in [5.41, 5.74) is 1.14. The van der Waals surface area contributed by atoms with E-state index in [1.54, 1.807) is 0 Å². The van der Waals surface area contributed by atoms with E-state index >= 15 is 0 Å². The smallest absolute Gasteiger partial charge is 0.325 e. The number of methoxy groups -OCH3 is 1. The highest BCUT2D eigenvalue weighted by atomic mass is 16.5. The van der Waals surface area contributed by atoms with E-state index in [9.17, 15) is 4.79 Å². The van der Waals surface area contributed by atoms with Crippen LogP contribution in [0.25, 0.3) is 0 Å². The number of hydrogen-bond acceptors (Lipinski definition) is 4. The lowest BCUT2D eigenvalue weighted by atomic mass is 10.1. The van der Waals surface area contributed by atoms with Crippen molar-refractivity contribution in [3.63, 3.8) is 0 Å². The minimum absolute atomic E-state index is 0.0684. The molecule has 0 radical (unpaired) electrons. The predicted octanol–water partition coefficient (Wildman–Crippen LogP) is 1.50. The van der Waals surface area contributed by atoms with Crippen molar-refractivity contribution in [2.24, 2.45) is 0 Å². The minimum Gasteiger partial charge on any atom is -0.468 e. The Hall–Kier alpha value is -1.39. The summed E-state index contributed by atoms with van der Waals surface area (Å²) in [6.07, 6.45) is 1.84. The average Bonchev–Trinajstić information content (AvgIpc) is 2.94. The van der Waals surface area contributed by atoms with Gasteiger partial charge in [0.2, 0.25) is 0 Å². The van der Waals surface area contributed by atoms with Crippen molar-refractivity contribution in [2.45, 2.75) is 31.5 Å². The zero-order chi connectivity index (χ0) is 12.8. The van der Waals surface area contributed by atoms with Crippen molar-refractivity contribution in [3.8, 4) is 0 Å². The van der Waals surface area contributed by atoms with Gasteiger partial charge in [0.25, 0.3) is 0 Å². The van der Waals surface area contributed by atoms with Crippen molar-refractivity contribution < 1.29 is 14.3 Å². The molecule has 0 spiro atoms.